The van der Waals surface area contributed by atoms with Crippen molar-refractivity contribution >= 4 is 23.3 Å². The van der Waals surface area contributed by atoms with Crippen LogP contribution in [0.4, 0.5) is 16.2 Å². The molecule has 2 aromatic rings. The lowest BCUT2D eigenvalue weighted by molar-refractivity contribution is -0.115. The first-order chi connectivity index (χ1) is 11.6. The van der Waals surface area contributed by atoms with Crippen molar-refractivity contribution in [1.82, 2.24) is 0 Å². The Hall–Kier alpha value is -2.82. The highest BCUT2D eigenvalue weighted by molar-refractivity contribution is 5.93. The summed E-state index contributed by atoms with van der Waals surface area (Å²) in [5.41, 5.74) is 10.2. The molecular weight excluding hydrogens is 302 g/mol. The van der Waals surface area contributed by atoms with Crippen molar-refractivity contribution in [2.24, 2.45) is 5.73 Å². The molecule has 0 spiro atoms. The third-order valence-electron chi connectivity index (χ3n) is 4.21. The third-order valence-corrected chi connectivity index (χ3v) is 4.21. The van der Waals surface area contributed by atoms with E-state index in [1.165, 1.54) is 24.0 Å². The Bertz CT molecular complexity index is 754. The van der Waals surface area contributed by atoms with Gasteiger partial charge >= 0.3 is 6.03 Å². The molecular formula is C19H21N3O2. The quantitative estimate of drug-likeness (QED) is 0.807. The average Bonchev–Trinajstić information content (AvgIpc) is 2.56. The number of aryl methyl sites for hydroxylation is 2. The largest absolute Gasteiger partial charge is 0.351 e. The van der Waals surface area contributed by atoms with Gasteiger partial charge in [-0.15, -0.1) is 0 Å². The second-order valence-electron chi connectivity index (χ2n) is 6.10. The summed E-state index contributed by atoms with van der Waals surface area (Å²) in [6.45, 7) is 0. The number of carbonyl (C=O) groups excluding carboxylic acids is 2. The molecule has 5 nitrogen and oxygen atoms in total. The maximum absolute atomic E-state index is 12.2. The van der Waals surface area contributed by atoms with Crippen molar-refractivity contribution in [2.45, 2.75) is 32.1 Å². The second kappa shape index (κ2) is 7.17. The van der Waals surface area contributed by atoms with Crippen LogP contribution in [0.25, 0.3) is 0 Å². The summed E-state index contributed by atoms with van der Waals surface area (Å²) >= 11 is 0. The fraction of sp³-hybridized carbons (Fsp3) is 0.263. The molecule has 3 rings (SSSR count). The van der Waals surface area contributed by atoms with Gasteiger partial charge in [-0.2, -0.15) is 0 Å². The van der Waals surface area contributed by atoms with Gasteiger partial charge in [0, 0.05) is 11.4 Å². The topological polar surface area (TPSA) is 84.2 Å². The number of urea groups is 1. The Kier molecular flexibility index (Phi) is 4.79. The Morgan fingerprint density at radius 2 is 1.50 bits per heavy atom. The molecule has 4 N–H and O–H groups in total. The highest BCUT2D eigenvalue weighted by Crippen LogP contribution is 2.22. The van der Waals surface area contributed by atoms with Gasteiger partial charge in [0.05, 0.1) is 6.42 Å². The molecule has 0 fully saturated rings. The summed E-state index contributed by atoms with van der Waals surface area (Å²) in [5, 5.41) is 5.35. The fourth-order valence-electron chi connectivity index (χ4n) is 3.07. The van der Waals surface area contributed by atoms with Crippen molar-refractivity contribution in [3.63, 3.8) is 0 Å². The first kappa shape index (κ1) is 16.1. The number of hydrogen-bond acceptors (Lipinski definition) is 2. The number of carbonyl (C=O) groups is 2. The van der Waals surface area contributed by atoms with Crippen molar-refractivity contribution in [2.75, 3.05) is 10.6 Å². The second-order valence-corrected chi connectivity index (χ2v) is 6.10. The molecule has 0 aromatic heterocycles. The Morgan fingerprint density at radius 3 is 2.17 bits per heavy atom. The molecule has 0 aliphatic heterocycles. The minimum atomic E-state index is -0.612. The zero-order valence-corrected chi connectivity index (χ0v) is 13.5. The highest BCUT2D eigenvalue weighted by Gasteiger charge is 2.11. The molecule has 3 amide bonds. The summed E-state index contributed by atoms with van der Waals surface area (Å²) in [6.07, 6.45) is 5.10. The molecule has 0 unspecified atom stereocenters. The van der Waals surface area contributed by atoms with Crippen molar-refractivity contribution in [1.29, 1.82) is 0 Å². The van der Waals surface area contributed by atoms with Gasteiger partial charge in [0.2, 0.25) is 5.91 Å². The number of rotatable bonds is 4. The zero-order valence-electron chi connectivity index (χ0n) is 13.5. The number of anilines is 2. The van der Waals surface area contributed by atoms with Crippen LogP contribution in [0, 0.1) is 0 Å². The Labute approximate surface area is 141 Å². The predicted molar refractivity (Wildman–Crippen MR) is 95.1 cm³/mol. The van der Waals surface area contributed by atoms with E-state index in [0.29, 0.717) is 17.8 Å². The summed E-state index contributed by atoms with van der Waals surface area (Å²) in [5.74, 6) is -0.0543. The average molecular weight is 323 g/mol. The fourth-order valence-corrected chi connectivity index (χ4v) is 3.07. The molecule has 0 atom stereocenters. The SMILES string of the molecule is NC(=O)Nc1ccc(NC(=O)Cc2ccc3c(c2)CCCC3)cc1. The number of amides is 3. The van der Waals surface area contributed by atoms with Gasteiger partial charge in [0.1, 0.15) is 0 Å². The number of hydrogen-bond donors (Lipinski definition) is 3. The number of nitrogens with one attached hydrogen (secondary N) is 2. The van der Waals surface area contributed by atoms with E-state index < -0.39 is 6.03 Å². The summed E-state index contributed by atoms with van der Waals surface area (Å²) in [4.78, 5) is 23.0. The maximum Gasteiger partial charge on any atom is 0.316 e. The van der Waals surface area contributed by atoms with Crippen LogP contribution < -0.4 is 16.4 Å². The number of nitrogens with two attached hydrogens (primary N) is 1. The normalized spacial score (nSPS) is 13.0. The standard InChI is InChI=1S/C19H21N3O2/c20-19(24)22-17-9-7-16(8-10-17)21-18(23)12-13-5-6-14-3-1-2-4-15(14)11-13/h5-11H,1-4,12H2,(H,21,23)(H3,20,22,24). The van der Waals surface area contributed by atoms with Crippen LogP contribution in [0.15, 0.2) is 42.5 Å². The lowest BCUT2D eigenvalue weighted by Crippen LogP contribution is -2.19. The molecule has 1 aliphatic carbocycles. The van der Waals surface area contributed by atoms with E-state index in [9.17, 15) is 9.59 Å². The molecule has 2 aromatic carbocycles. The molecule has 0 heterocycles. The Morgan fingerprint density at radius 1 is 0.875 bits per heavy atom. The lowest BCUT2D eigenvalue weighted by atomic mass is 9.90. The summed E-state index contributed by atoms with van der Waals surface area (Å²) in [7, 11) is 0. The van der Waals surface area contributed by atoms with Crippen LogP contribution in [0.2, 0.25) is 0 Å². The van der Waals surface area contributed by atoms with Crippen LogP contribution in [0.1, 0.15) is 29.5 Å². The molecule has 5 heteroatoms. The van der Waals surface area contributed by atoms with Gasteiger partial charge in [-0.25, -0.2) is 4.79 Å². The van der Waals surface area contributed by atoms with E-state index in [0.717, 1.165) is 18.4 Å². The minimum absolute atomic E-state index is 0.0543. The highest BCUT2D eigenvalue weighted by atomic mass is 16.2. The Balaban J connectivity index is 1.60. The van der Waals surface area contributed by atoms with E-state index in [4.69, 9.17) is 5.73 Å². The number of primary amides is 1. The maximum atomic E-state index is 12.2. The zero-order chi connectivity index (χ0) is 16.9. The van der Waals surface area contributed by atoms with E-state index in [1.807, 2.05) is 6.07 Å². The van der Waals surface area contributed by atoms with E-state index in [-0.39, 0.29) is 5.91 Å². The first-order valence-corrected chi connectivity index (χ1v) is 8.17. The molecule has 0 saturated heterocycles. The van der Waals surface area contributed by atoms with Gasteiger partial charge < -0.3 is 16.4 Å². The van der Waals surface area contributed by atoms with Gasteiger partial charge in [0.25, 0.3) is 0 Å². The van der Waals surface area contributed by atoms with Crippen LogP contribution >= 0.6 is 0 Å². The van der Waals surface area contributed by atoms with Crippen LogP contribution in [-0.4, -0.2) is 11.9 Å². The van der Waals surface area contributed by atoms with Crippen LogP contribution in [0.3, 0.4) is 0 Å². The van der Waals surface area contributed by atoms with E-state index in [2.05, 4.69) is 22.8 Å². The smallest absolute Gasteiger partial charge is 0.316 e. The van der Waals surface area contributed by atoms with Crippen LogP contribution in [-0.2, 0) is 24.1 Å². The first-order valence-electron chi connectivity index (χ1n) is 8.17. The molecule has 0 radical (unpaired) electrons. The van der Waals surface area contributed by atoms with Crippen molar-refractivity contribution in [3.05, 3.63) is 59.2 Å². The molecule has 0 bridgehead atoms. The van der Waals surface area contributed by atoms with Crippen LogP contribution in [0.5, 0.6) is 0 Å². The van der Waals surface area contributed by atoms with Gasteiger partial charge in [-0.3, -0.25) is 4.79 Å². The lowest BCUT2D eigenvalue weighted by Gasteiger charge is -2.16. The van der Waals surface area contributed by atoms with Crippen molar-refractivity contribution in [3.8, 4) is 0 Å². The van der Waals surface area contributed by atoms with Crippen molar-refractivity contribution < 1.29 is 9.59 Å². The van der Waals surface area contributed by atoms with Gasteiger partial charge in [-0.05, 0) is 66.6 Å². The minimum Gasteiger partial charge on any atom is -0.351 e. The summed E-state index contributed by atoms with van der Waals surface area (Å²) in [6, 6.07) is 12.6. The van der Waals surface area contributed by atoms with E-state index in [1.54, 1.807) is 24.3 Å². The summed E-state index contributed by atoms with van der Waals surface area (Å²) < 4.78 is 0. The third kappa shape index (κ3) is 4.13. The van der Waals surface area contributed by atoms with Gasteiger partial charge in [-0.1, -0.05) is 18.2 Å². The molecule has 1 aliphatic rings. The number of fused-ring (bicyclic) bond motifs is 1. The predicted octanol–water partition coefficient (Wildman–Crippen LogP) is 3.24. The monoisotopic (exact) mass is 323 g/mol. The van der Waals surface area contributed by atoms with E-state index >= 15 is 0 Å². The molecule has 0 saturated carbocycles. The number of benzene rings is 2. The molecule has 24 heavy (non-hydrogen) atoms. The van der Waals surface area contributed by atoms with Gasteiger partial charge in [0.15, 0.2) is 0 Å². The molecule has 124 valence electrons.